The van der Waals surface area contributed by atoms with Crippen LogP contribution in [0.3, 0.4) is 0 Å². The third-order valence-electron chi connectivity index (χ3n) is 4.66. The number of carbonyl (C=O) groups excluding carboxylic acids is 3. The number of benzene rings is 2. The van der Waals surface area contributed by atoms with Gasteiger partial charge < -0.3 is 11.1 Å². The molecule has 1 aliphatic heterocycles. The predicted octanol–water partition coefficient (Wildman–Crippen LogP) is 2.41. The molecule has 0 spiro atoms. The Balaban J connectivity index is 0.00000280. The molecule has 0 atom stereocenters. The fourth-order valence-electron chi connectivity index (χ4n) is 2.95. The highest BCUT2D eigenvalue weighted by Gasteiger charge is 2.35. The molecule has 6 nitrogen and oxygen atoms in total. The fraction of sp³-hybridized carbons (Fsp3) is 0.286. The Kier molecular flexibility index (Phi) is 6.59. The second-order valence-corrected chi connectivity index (χ2v) is 7.30. The predicted molar refractivity (Wildman–Crippen MR) is 110 cm³/mol. The van der Waals surface area contributed by atoms with Gasteiger partial charge >= 0.3 is 0 Å². The second-order valence-electron chi connectivity index (χ2n) is 7.30. The van der Waals surface area contributed by atoms with E-state index in [4.69, 9.17) is 5.73 Å². The van der Waals surface area contributed by atoms with Gasteiger partial charge in [-0.05, 0) is 44.0 Å². The van der Waals surface area contributed by atoms with E-state index in [1.165, 1.54) is 11.0 Å². The van der Waals surface area contributed by atoms with Crippen LogP contribution in [-0.4, -0.2) is 41.2 Å². The van der Waals surface area contributed by atoms with E-state index in [0.717, 1.165) is 5.56 Å². The fourth-order valence-corrected chi connectivity index (χ4v) is 2.95. The zero-order chi connectivity index (χ0) is 19.6. The molecule has 0 aliphatic carbocycles. The Labute approximate surface area is 170 Å². The lowest BCUT2D eigenvalue weighted by Gasteiger charge is -2.24. The largest absolute Gasteiger partial charge is 0.346 e. The van der Waals surface area contributed by atoms with E-state index in [1.807, 2.05) is 44.2 Å². The molecule has 1 heterocycles. The van der Waals surface area contributed by atoms with Gasteiger partial charge in [-0.25, -0.2) is 0 Å². The average molecular weight is 402 g/mol. The maximum absolute atomic E-state index is 12.7. The van der Waals surface area contributed by atoms with Gasteiger partial charge in [-0.2, -0.15) is 0 Å². The molecule has 2 aromatic rings. The summed E-state index contributed by atoms with van der Waals surface area (Å²) in [6, 6.07) is 14.3. The molecule has 7 heteroatoms. The lowest BCUT2D eigenvalue weighted by molar-refractivity contribution is 0.0656. The number of nitrogens with one attached hydrogen (secondary N) is 1. The van der Waals surface area contributed by atoms with Crippen LogP contribution in [0.5, 0.6) is 0 Å². The first-order chi connectivity index (χ1) is 12.8. The summed E-state index contributed by atoms with van der Waals surface area (Å²) in [5.74, 6) is -1.00. The summed E-state index contributed by atoms with van der Waals surface area (Å²) in [5.41, 5.74) is 7.08. The molecule has 148 valence electrons. The number of nitrogens with two attached hydrogens (primary N) is 1. The van der Waals surface area contributed by atoms with Crippen LogP contribution in [0.4, 0.5) is 0 Å². The lowest BCUT2D eigenvalue weighted by Crippen LogP contribution is -2.48. The summed E-state index contributed by atoms with van der Waals surface area (Å²) < 4.78 is 0. The van der Waals surface area contributed by atoms with Crippen molar-refractivity contribution < 1.29 is 14.4 Å². The Hall–Kier alpha value is -2.70. The quantitative estimate of drug-likeness (QED) is 0.727. The van der Waals surface area contributed by atoms with Gasteiger partial charge in [0.1, 0.15) is 0 Å². The van der Waals surface area contributed by atoms with Crippen molar-refractivity contribution in [3.05, 3.63) is 70.8 Å². The van der Waals surface area contributed by atoms with E-state index in [9.17, 15) is 14.4 Å². The number of hydrogen-bond acceptors (Lipinski definition) is 4. The van der Waals surface area contributed by atoms with E-state index in [2.05, 4.69) is 5.32 Å². The maximum Gasteiger partial charge on any atom is 0.261 e. The molecular formula is C21H24ClN3O3. The van der Waals surface area contributed by atoms with Gasteiger partial charge in [-0.1, -0.05) is 30.3 Å². The molecule has 3 N–H and O–H groups in total. The highest BCUT2D eigenvalue weighted by atomic mass is 35.5. The maximum atomic E-state index is 12.7. The molecule has 3 rings (SSSR count). The molecule has 0 bridgehead atoms. The average Bonchev–Trinajstić information content (AvgIpc) is 2.90. The topological polar surface area (TPSA) is 92.5 Å². The van der Waals surface area contributed by atoms with Crippen LogP contribution in [0.25, 0.3) is 0 Å². The summed E-state index contributed by atoms with van der Waals surface area (Å²) in [7, 11) is 0. The summed E-state index contributed by atoms with van der Waals surface area (Å²) in [6.07, 6.45) is 0.588. The van der Waals surface area contributed by atoms with E-state index in [-0.39, 0.29) is 42.2 Å². The Morgan fingerprint density at radius 2 is 1.68 bits per heavy atom. The van der Waals surface area contributed by atoms with E-state index in [1.54, 1.807) is 12.1 Å². The van der Waals surface area contributed by atoms with Crippen LogP contribution in [-0.2, 0) is 6.42 Å². The molecule has 0 saturated heterocycles. The number of fused-ring (bicyclic) bond motifs is 1. The van der Waals surface area contributed by atoms with Crippen LogP contribution >= 0.6 is 12.4 Å². The number of amides is 3. The minimum absolute atomic E-state index is 0. The Morgan fingerprint density at radius 3 is 2.32 bits per heavy atom. The first kappa shape index (κ1) is 21.6. The summed E-state index contributed by atoms with van der Waals surface area (Å²) in [4.78, 5) is 38.9. The second kappa shape index (κ2) is 8.54. The van der Waals surface area contributed by atoms with Crippen molar-refractivity contribution in [2.45, 2.75) is 25.8 Å². The first-order valence-corrected chi connectivity index (χ1v) is 8.89. The molecule has 0 radical (unpaired) electrons. The number of rotatable bonds is 6. The van der Waals surface area contributed by atoms with E-state index in [0.29, 0.717) is 24.1 Å². The number of nitrogens with zero attached hydrogens (tertiary/aromatic N) is 1. The molecule has 0 unspecified atom stereocenters. The van der Waals surface area contributed by atoms with Crippen molar-refractivity contribution in [1.82, 2.24) is 10.2 Å². The first-order valence-electron chi connectivity index (χ1n) is 8.89. The van der Waals surface area contributed by atoms with Crippen LogP contribution < -0.4 is 11.1 Å². The normalized spacial score (nSPS) is 13.2. The number of halogens is 1. The Morgan fingerprint density at radius 1 is 1.04 bits per heavy atom. The van der Waals surface area contributed by atoms with Crippen LogP contribution in [0.15, 0.2) is 48.5 Å². The van der Waals surface area contributed by atoms with Gasteiger partial charge in [0.2, 0.25) is 0 Å². The van der Waals surface area contributed by atoms with E-state index >= 15 is 0 Å². The van der Waals surface area contributed by atoms with Gasteiger partial charge in [-0.15, -0.1) is 12.4 Å². The lowest BCUT2D eigenvalue weighted by atomic mass is 10.0. The summed E-state index contributed by atoms with van der Waals surface area (Å²) in [6.45, 7) is 4.23. The van der Waals surface area contributed by atoms with Crippen molar-refractivity contribution >= 4 is 30.1 Å². The van der Waals surface area contributed by atoms with Crippen LogP contribution in [0.1, 0.15) is 50.5 Å². The summed E-state index contributed by atoms with van der Waals surface area (Å²) >= 11 is 0. The molecule has 3 amide bonds. The SMILES string of the molecule is CC(C)(CN)NC(=O)c1ccc2c(c1)C(=O)N(CCc1ccccc1)C2=O.Cl. The molecule has 28 heavy (non-hydrogen) atoms. The molecule has 0 saturated carbocycles. The number of hydrogen-bond donors (Lipinski definition) is 2. The van der Waals surface area contributed by atoms with Crippen molar-refractivity contribution in [1.29, 1.82) is 0 Å². The monoisotopic (exact) mass is 401 g/mol. The standard InChI is InChI=1S/C21H23N3O3.ClH/c1-21(2,13-22)23-18(25)15-8-9-16-17(12-15)20(27)24(19(16)26)11-10-14-6-4-3-5-7-14;/h3-9,12H,10-11,13,22H2,1-2H3,(H,23,25);1H. The molecule has 1 aliphatic rings. The van der Waals surface area contributed by atoms with Gasteiger partial charge in [0.25, 0.3) is 17.7 Å². The van der Waals surface area contributed by atoms with Crippen molar-refractivity contribution in [3.63, 3.8) is 0 Å². The molecule has 0 fully saturated rings. The van der Waals surface area contributed by atoms with Crippen LogP contribution in [0, 0.1) is 0 Å². The number of carbonyl (C=O) groups is 3. The molecule has 2 aromatic carbocycles. The smallest absolute Gasteiger partial charge is 0.261 e. The van der Waals surface area contributed by atoms with Crippen molar-refractivity contribution in [2.75, 3.05) is 13.1 Å². The van der Waals surface area contributed by atoms with Crippen molar-refractivity contribution in [2.24, 2.45) is 5.73 Å². The zero-order valence-electron chi connectivity index (χ0n) is 15.9. The highest BCUT2D eigenvalue weighted by molar-refractivity contribution is 6.22. The van der Waals surface area contributed by atoms with Gasteiger partial charge in [0, 0.05) is 24.2 Å². The molecular weight excluding hydrogens is 378 g/mol. The Bertz CT molecular complexity index is 897. The molecule has 0 aromatic heterocycles. The zero-order valence-corrected chi connectivity index (χ0v) is 16.7. The van der Waals surface area contributed by atoms with E-state index < -0.39 is 5.54 Å². The third kappa shape index (κ3) is 4.40. The number of imide groups is 1. The third-order valence-corrected chi connectivity index (χ3v) is 4.66. The highest BCUT2D eigenvalue weighted by Crippen LogP contribution is 2.24. The summed E-state index contributed by atoms with van der Waals surface area (Å²) in [5, 5.41) is 2.82. The van der Waals surface area contributed by atoms with Gasteiger partial charge in [-0.3, -0.25) is 19.3 Å². The van der Waals surface area contributed by atoms with Gasteiger partial charge in [0.15, 0.2) is 0 Å². The van der Waals surface area contributed by atoms with Crippen LogP contribution in [0.2, 0.25) is 0 Å². The minimum Gasteiger partial charge on any atom is -0.346 e. The van der Waals surface area contributed by atoms with Crippen molar-refractivity contribution in [3.8, 4) is 0 Å². The minimum atomic E-state index is -0.558. The van der Waals surface area contributed by atoms with Gasteiger partial charge in [0.05, 0.1) is 11.1 Å².